The normalized spacial score (nSPS) is 21.7. The highest BCUT2D eigenvalue weighted by atomic mass is 16.6. The number of piperidine rings is 1. The van der Waals surface area contributed by atoms with Crippen LogP contribution in [0.1, 0.15) is 26.7 Å². The van der Waals surface area contributed by atoms with Crippen LogP contribution in [-0.2, 0) is 0 Å². The molecular weight excluding hydrogens is 296 g/mol. The lowest BCUT2D eigenvalue weighted by atomic mass is 9.97. The first-order valence-corrected chi connectivity index (χ1v) is 7.94. The van der Waals surface area contributed by atoms with Gasteiger partial charge in [0.15, 0.2) is 0 Å². The monoisotopic (exact) mass is 320 g/mol. The molecule has 1 fully saturated rings. The Hall–Kier alpha value is -2.15. The first-order valence-electron chi connectivity index (χ1n) is 7.94. The predicted octanol–water partition coefficient (Wildman–Crippen LogP) is 2.93. The van der Waals surface area contributed by atoms with Gasteiger partial charge in [-0.25, -0.2) is 4.79 Å². The highest BCUT2D eigenvalue weighted by Crippen LogP contribution is 2.22. The topological polar surface area (TPSA) is 78.7 Å². The zero-order chi connectivity index (χ0) is 17.0. The number of nitro benzene ring substituents is 1. The number of anilines is 1. The van der Waals surface area contributed by atoms with Crippen LogP contribution in [-0.4, -0.2) is 53.0 Å². The first-order chi connectivity index (χ1) is 10.9. The second-order valence-corrected chi connectivity index (χ2v) is 6.00. The summed E-state index contributed by atoms with van der Waals surface area (Å²) in [5.74, 6) is 0. The fraction of sp³-hybridized carbons (Fsp3) is 0.562. The maximum atomic E-state index is 12.4. The first kappa shape index (κ1) is 17.2. The highest BCUT2D eigenvalue weighted by molar-refractivity contribution is 5.89. The van der Waals surface area contributed by atoms with Crippen LogP contribution in [0.25, 0.3) is 0 Å². The molecule has 1 N–H and O–H groups in total. The smallest absolute Gasteiger partial charge is 0.321 e. The van der Waals surface area contributed by atoms with Crippen molar-refractivity contribution in [1.82, 2.24) is 9.80 Å². The van der Waals surface area contributed by atoms with Crippen LogP contribution in [0.5, 0.6) is 0 Å². The van der Waals surface area contributed by atoms with Gasteiger partial charge in [-0.1, -0.05) is 13.0 Å². The minimum Gasteiger partial charge on any atom is -0.325 e. The third kappa shape index (κ3) is 4.19. The van der Waals surface area contributed by atoms with Crippen LogP contribution in [0.15, 0.2) is 24.3 Å². The van der Waals surface area contributed by atoms with Gasteiger partial charge in [-0.15, -0.1) is 0 Å². The molecule has 1 aliphatic rings. The Morgan fingerprint density at radius 3 is 2.87 bits per heavy atom. The summed E-state index contributed by atoms with van der Waals surface area (Å²) in [4.78, 5) is 26.8. The van der Waals surface area contributed by atoms with E-state index in [0.717, 1.165) is 25.9 Å². The quantitative estimate of drug-likeness (QED) is 0.683. The number of rotatable bonds is 4. The number of hydrogen-bond acceptors (Lipinski definition) is 4. The van der Waals surface area contributed by atoms with Gasteiger partial charge in [0.05, 0.1) is 4.92 Å². The van der Waals surface area contributed by atoms with E-state index in [9.17, 15) is 14.9 Å². The van der Waals surface area contributed by atoms with Crippen molar-refractivity contribution in [3.8, 4) is 0 Å². The van der Waals surface area contributed by atoms with E-state index < -0.39 is 4.92 Å². The third-order valence-corrected chi connectivity index (χ3v) is 4.57. The number of urea groups is 1. The van der Waals surface area contributed by atoms with Crippen molar-refractivity contribution in [3.63, 3.8) is 0 Å². The predicted molar refractivity (Wildman–Crippen MR) is 89.6 cm³/mol. The molecule has 1 aromatic carbocycles. The molecule has 2 amide bonds. The molecule has 23 heavy (non-hydrogen) atoms. The molecule has 1 saturated heterocycles. The standard InChI is InChI=1S/C16H24N4O3/c1-4-19-9-8-14(10-12(19)2)18(3)16(21)17-13-6-5-7-15(11-13)20(22)23/h5-7,11-12,14H,4,8-10H2,1-3H3,(H,17,21)/t12-,14-/m0/s1. The number of likely N-dealkylation sites (tertiary alicyclic amines) is 1. The van der Waals surface area contributed by atoms with Gasteiger partial charge in [0.1, 0.15) is 0 Å². The summed E-state index contributed by atoms with van der Waals surface area (Å²) in [7, 11) is 1.78. The summed E-state index contributed by atoms with van der Waals surface area (Å²) in [6.07, 6.45) is 1.88. The molecule has 2 atom stereocenters. The van der Waals surface area contributed by atoms with E-state index in [-0.39, 0.29) is 17.8 Å². The SMILES string of the molecule is CCN1CC[C@H](N(C)C(=O)Nc2cccc([N+](=O)[O-])c2)C[C@@H]1C. The molecule has 0 bridgehead atoms. The largest absolute Gasteiger partial charge is 0.325 e. The Kier molecular flexibility index (Phi) is 5.54. The molecule has 126 valence electrons. The van der Waals surface area contributed by atoms with Crippen molar-refractivity contribution in [2.75, 3.05) is 25.5 Å². The molecule has 0 radical (unpaired) electrons. The van der Waals surface area contributed by atoms with Crippen LogP contribution < -0.4 is 5.32 Å². The van der Waals surface area contributed by atoms with Crippen molar-refractivity contribution in [3.05, 3.63) is 34.4 Å². The molecule has 0 aromatic heterocycles. The van der Waals surface area contributed by atoms with Gasteiger partial charge in [0, 0.05) is 43.5 Å². The van der Waals surface area contributed by atoms with Crippen LogP contribution in [0.4, 0.5) is 16.2 Å². The molecule has 1 heterocycles. The van der Waals surface area contributed by atoms with Gasteiger partial charge in [0.2, 0.25) is 0 Å². The molecule has 0 saturated carbocycles. The number of nitro groups is 1. The number of nitrogens with zero attached hydrogens (tertiary/aromatic N) is 3. The molecule has 0 spiro atoms. The summed E-state index contributed by atoms with van der Waals surface area (Å²) in [5.41, 5.74) is 0.408. The number of hydrogen-bond donors (Lipinski definition) is 1. The van der Waals surface area contributed by atoms with E-state index in [1.165, 1.54) is 12.1 Å². The molecule has 7 nitrogen and oxygen atoms in total. The lowest BCUT2D eigenvalue weighted by molar-refractivity contribution is -0.384. The maximum Gasteiger partial charge on any atom is 0.321 e. The molecule has 1 aliphatic heterocycles. The zero-order valence-corrected chi connectivity index (χ0v) is 13.9. The van der Waals surface area contributed by atoms with Crippen molar-refractivity contribution in [1.29, 1.82) is 0 Å². The lowest BCUT2D eigenvalue weighted by Crippen LogP contribution is -2.50. The van der Waals surface area contributed by atoms with E-state index in [1.807, 2.05) is 0 Å². The van der Waals surface area contributed by atoms with Gasteiger partial charge < -0.3 is 15.1 Å². The van der Waals surface area contributed by atoms with Gasteiger partial charge in [-0.3, -0.25) is 10.1 Å². The van der Waals surface area contributed by atoms with Crippen LogP contribution >= 0.6 is 0 Å². The Morgan fingerprint density at radius 1 is 1.52 bits per heavy atom. The highest BCUT2D eigenvalue weighted by Gasteiger charge is 2.29. The van der Waals surface area contributed by atoms with E-state index in [2.05, 4.69) is 24.1 Å². The van der Waals surface area contributed by atoms with Gasteiger partial charge >= 0.3 is 6.03 Å². The molecule has 0 unspecified atom stereocenters. The van der Waals surface area contributed by atoms with Crippen molar-refractivity contribution < 1.29 is 9.72 Å². The Bertz CT molecular complexity index is 578. The van der Waals surface area contributed by atoms with Crippen molar-refractivity contribution in [2.45, 2.75) is 38.8 Å². The minimum absolute atomic E-state index is 0.0321. The Morgan fingerprint density at radius 2 is 2.26 bits per heavy atom. The summed E-state index contributed by atoms with van der Waals surface area (Å²) in [6.45, 7) is 6.34. The number of benzene rings is 1. The number of carbonyl (C=O) groups excluding carboxylic acids is 1. The van der Waals surface area contributed by atoms with Gasteiger partial charge in [-0.2, -0.15) is 0 Å². The third-order valence-electron chi connectivity index (χ3n) is 4.57. The van der Waals surface area contributed by atoms with Crippen LogP contribution in [0, 0.1) is 10.1 Å². The van der Waals surface area contributed by atoms with Crippen LogP contribution in [0.3, 0.4) is 0 Å². The fourth-order valence-corrected chi connectivity index (χ4v) is 3.09. The average molecular weight is 320 g/mol. The van der Waals surface area contributed by atoms with E-state index >= 15 is 0 Å². The molecular formula is C16H24N4O3. The molecule has 2 rings (SSSR count). The average Bonchev–Trinajstić information content (AvgIpc) is 2.54. The number of carbonyl (C=O) groups is 1. The summed E-state index contributed by atoms with van der Waals surface area (Å²) in [5, 5.41) is 13.5. The van der Waals surface area contributed by atoms with Crippen molar-refractivity contribution >= 4 is 17.4 Å². The Balaban J connectivity index is 1.98. The van der Waals surface area contributed by atoms with Crippen molar-refractivity contribution in [2.24, 2.45) is 0 Å². The summed E-state index contributed by atoms with van der Waals surface area (Å²) >= 11 is 0. The second kappa shape index (κ2) is 7.41. The lowest BCUT2D eigenvalue weighted by Gasteiger charge is -2.40. The van der Waals surface area contributed by atoms with Gasteiger partial charge in [0.25, 0.3) is 5.69 Å². The Labute approximate surface area is 136 Å². The maximum absolute atomic E-state index is 12.4. The van der Waals surface area contributed by atoms with Gasteiger partial charge in [-0.05, 0) is 32.4 Å². The molecule has 0 aliphatic carbocycles. The van der Waals surface area contributed by atoms with E-state index in [1.54, 1.807) is 24.1 Å². The second-order valence-electron chi connectivity index (χ2n) is 6.00. The zero-order valence-electron chi connectivity index (χ0n) is 13.9. The number of nitrogens with one attached hydrogen (secondary N) is 1. The molecule has 7 heteroatoms. The number of amides is 2. The summed E-state index contributed by atoms with van der Waals surface area (Å²) in [6, 6.07) is 6.40. The van der Waals surface area contributed by atoms with Crippen LogP contribution in [0.2, 0.25) is 0 Å². The summed E-state index contributed by atoms with van der Waals surface area (Å²) < 4.78 is 0. The molecule has 1 aromatic rings. The van der Waals surface area contributed by atoms with E-state index in [0.29, 0.717) is 11.7 Å². The fourth-order valence-electron chi connectivity index (χ4n) is 3.09. The van der Waals surface area contributed by atoms with E-state index in [4.69, 9.17) is 0 Å². The minimum atomic E-state index is -0.471. The number of non-ortho nitro benzene ring substituents is 1.